The van der Waals surface area contributed by atoms with Crippen molar-refractivity contribution >= 4 is 23.1 Å². The van der Waals surface area contributed by atoms with Gasteiger partial charge in [0.05, 0.1) is 13.2 Å². The summed E-state index contributed by atoms with van der Waals surface area (Å²) in [6, 6.07) is 0. The standard InChI is InChI=1S/C12H22O11.Mg.2H/c13-1-3-5(15)7(17)9(19)11(21-3)23-12-10(20)8(18)6(16)4(2-14)22-12;;;/h3-20H,1-2H2;;;/q;+2;2*-1/t3-,4-,5-,6-,7+,8+,9-,10-,11-,12-;;;/m1.../s1. The summed E-state index contributed by atoms with van der Waals surface area (Å²) in [5.74, 6) is 0. The van der Waals surface area contributed by atoms with Crippen LogP contribution in [0, 0.1) is 0 Å². The Kier molecular flexibility index (Phi) is 8.68. The molecule has 8 N–H and O–H groups in total. The molecule has 0 spiro atoms. The van der Waals surface area contributed by atoms with Crippen LogP contribution in [0.3, 0.4) is 0 Å². The van der Waals surface area contributed by atoms with Crippen LogP contribution in [0.1, 0.15) is 2.85 Å². The number of aliphatic hydroxyl groups is 8. The largest absolute Gasteiger partial charge is 2.00 e. The minimum Gasteiger partial charge on any atom is -1.00 e. The second kappa shape index (κ2) is 9.32. The number of hydrogen-bond donors (Lipinski definition) is 8. The maximum atomic E-state index is 9.84. The molecule has 2 saturated heterocycles. The number of ether oxygens (including phenoxy) is 3. The molecule has 0 bridgehead atoms. The first kappa shape index (κ1) is 22.4. The van der Waals surface area contributed by atoms with Crippen LogP contribution in [-0.4, -0.2) is 139 Å². The minimum absolute atomic E-state index is 0. The molecule has 0 saturated carbocycles. The quantitative estimate of drug-likeness (QED) is 0.221. The summed E-state index contributed by atoms with van der Waals surface area (Å²) in [5, 5.41) is 76.4. The van der Waals surface area contributed by atoms with E-state index >= 15 is 0 Å². The molecule has 140 valence electrons. The fourth-order valence-corrected chi connectivity index (χ4v) is 2.49. The van der Waals surface area contributed by atoms with Gasteiger partial charge < -0.3 is 57.9 Å². The topological polar surface area (TPSA) is 190 Å². The molecular formula is C12H24MgO11. The Morgan fingerprint density at radius 2 is 0.958 bits per heavy atom. The summed E-state index contributed by atoms with van der Waals surface area (Å²) in [4.78, 5) is 0. The zero-order chi connectivity index (χ0) is 17.3. The van der Waals surface area contributed by atoms with E-state index in [-0.39, 0.29) is 25.9 Å². The van der Waals surface area contributed by atoms with Crippen molar-refractivity contribution in [3.05, 3.63) is 0 Å². The van der Waals surface area contributed by atoms with Crippen molar-refractivity contribution in [1.29, 1.82) is 0 Å². The molecule has 2 fully saturated rings. The first-order chi connectivity index (χ1) is 10.8. The maximum Gasteiger partial charge on any atom is 2.00 e. The van der Waals surface area contributed by atoms with Crippen LogP contribution >= 0.6 is 0 Å². The zero-order valence-electron chi connectivity index (χ0n) is 14.7. The summed E-state index contributed by atoms with van der Waals surface area (Å²) in [7, 11) is 0. The molecule has 24 heavy (non-hydrogen) atoms. The number of rotatable bonds is 4. The Balaban J connectivity index is 0. The molecule has 12 heteroatoms. The Bertz CT molecular complexity index is 360. The van der Waals surface area contributed by atoms with Crippen LogP contribution in [0.5, 0.6) is 0 Å². The Labute approximate surface area is 156 Å². The molecule has 11 nitrogen and oxygen atoms in total. The third-order valence-corrected chi connectivity index (χ3v) is 3.97. The van der Waals surface area contributed by atoms with E-state index in [9.17, 15) is 30.6 Å². The molecule has 0 radical (unpaired) electrons. The van der Waals surface area contributed by atoms with Crippen LogP contribution in [-0.2, 0) is 14.2 Å². The molecule has 2 aliphatic rings. The van der Waals surface area contributed by atoms with Crippen molar-refractivity contribution in [2.75, 3.05) is 13.2 Å². The van der Waals surface area contributed by atoms with E-state index < -0.39 is 74.6 Å². The summed E-state index contributed by atoms with van der Waals surface area (Å²) in [6.45, 7) is -1.33. The second-order valence-electron chi connectivity index (χ2n) is 5.53. The van der Waals surface area contributed by atoms with E-state index in [0.717, 1.165) is 0 Å². The van der Waals surface area contributed by atoms with E-state index in [1.54, 1.807) is 0 Å². The van der Waals surface area contributed by atoms with Crippen molar-refractivity contribution in [1.82, 2.24) is 0 Å². The molecule has 0 unspecified atom stereocenters. The predicted octanol–water partition coefficient (Wildman–Crippen LogP) is -5.55. The third-order valence-electron chi connectivity index (χ3n) is 3.97. The van der Waals surface area contributed by atoms with Gasteiger partial charge in [-0.3, -0.25) is 0 Å². The van der Waals surface area contributed by atoms with Gasteiger partial charge in [0.2, 0.25) is 0 Å². The SMILES string of the molecule is OC[C@H]1O[C@H](O[C@H]2O[C@H](CO)[C@@H](O)[C@H](O)[C@H]2O)[C@H](O)[C@@H](O)[C@@H]1O.[H-].[H-].[Mg+2]. The molecule has 0 aromatic heterocycles. The van der Waals surface area contributed by atoms with Crippen molar-refractivity contribution in [3.63, 3.8) is 0 Å². The van der Waals surface area contributed by atoms with Gasteiger partial charge in [0.15, 0.2) is 12.6 Å². The molecule has 0 aliphatic carbocycles. The molecule has 0 amide bonds. The maximum absolute atomic E-state index is 9.84. The van der Waals surface area contributed by atoms with Crippen LogP contribution in [0.15, 0.2) is 0 Å². The Morgan fingerprint density at radius 3 is 1.25 bits per heavy atom. The van der Waals surface area contributed by atoms with E-state index in [1.807, 2.05) is 0 Å². The second-order valence-corrected chi connectivity index (χ2v) is 5.53. The average molecular weight is 369 g/mol. The normalized spacial score (nSPS) is 49.5. The number of aliphatic hydroxyl groups excluding tert-OH is 8. The Hall–Kier alpha value is 0.326. The van der Waals surface area contributed by atoms with Crippen molar-refractivity contribution < 1.29 is 57.9 Å². The number of hydrogen-bond acceptors (Lipinski definition) is 11. The van der Waals surface area contributed by atoms with Gasteiger partial charge in [-0.1, -0.05) is 0 Å². The van der Waals surface area contributed by atoms with Crippen LogP contribution in [0.25, 0.3) is 0 Å². The van der Waals surface area contributed by atoms with E-state index in [2.05, 4.69) is 0 Å². The van der Waals surface area contributed by atoms with Crippen LogP contribution in [0.2, 0.25) is 0 Å². The van der Waals surface area contributed by atoms with Gasteiger partial charge in [-0.05, 0) is 0 Å². The molecule has 2 rings (SSSR count). The molecule has 0 aromatic carbocycles. The van der Waals surface area contributed by atoms with Crippen LogP contribution in [0.4, 0.5) is 0 Å². The van der Waals surface area contributed by atoms with E-state index in [1.165, 1.54) is 0 Å². The minimum atomic E-state index is -1.72. The van der Waals surface area contributed by atoms with Gasteiger partial charge in [0.1, 0.15) is 48.8 Å². The summed E-state index contributed by atoms with van der Waals surface area (Å²) in [5.41, 5.74) is 0. The first-order valence-corrected chi connectivity index (χ1v) is 7.08. The summed E-state index contributed by atoms with van der Waals surface area (Å²) in [6.07, 6.45) is -15.6. The van der Waals surface area contributed by atoms with Gasteiger partial charge in [0.25, 0.3) is 0 Å². The zero-order valence-corrected chi connectivity index (χ0v) is 14.1. The summed E-state index contributed by atoms with van der Waals surface area (Å²) >= 11 is 0. The van der Waals surface area contributed by atoms with Gasteiger partial charge in [-0.15, -0.1) is 0 Å². The Morgan fingerprint density at radius 1 is 0.625 bits per heavy atom. The molecular weight excluding hydrogens is 344 g/mol. The monoisotopic (exact) mass is 368 g/mol. The van der Waals surface area contributed by atoms with Gasteiger partial charge in [-0.25, -0.2) is 0 Å². The van der Waals surface area contributed by atoms with Gasteiger partial charge in [-0.2, -0.15) is 0 Å². The smallest absolute Gasteiger partial charge is 1.00 e. The van der Waals surface area contributed by atoms with E-state index in [0.29, 0.717) is 0 Å². The molecule has 0 aromatic rings. The van der Waals surface area contributed by atoms with E-state index in [4.69, 9.17) is 24.4 Å². The predicted molar refractivity (Wildman–Crippen MR) is 76.6 cm³/mol. The van der Waals surface area contributed by atoms with Crippen LogP contribution < -0.4 is 0 Å². The first-order valence-electron chi connectivity index (χ1n) is 7.08. The molecule has 2 heterocycles. The molecule has 2 aliphatic heterocycles. The van der Waals surface area contributed by atoms with Crippen molar-refractivity contribution in [2.24, 2.45) is 0 Å². The van der Waals surface area contributed by atoms with Crippen molar-refractivity contribution in [3.8, 4) is 0 Å². The fourth-order valence-electron chi connectivity index (χ4n) is 2.49. The fraction of sp³-hybridized carbons (Fsp3) is 1.00. The summed E-state index contributed by atoms with van der Waals surface area (Å²) < 4.78 is 15.3. The van der Waals surface area contributed by atoms with Gasteiger partial charge in [0, 0.05) is 0 Å². The third kappa shape index (κ3) is 4.35. The molecule has 10 atom stereocenters. The van der Waals surface area contributed by atoms with Gasteiger partial charge >= 0.3 is 23.1 Å². The average Bonchev–Trinajstić information content (AvgIpc) is 2.55. The van der Waals surface area contributed by atoms with Crippen molar-refractivity contribution in [2.45, 2.75) is 61.4 Å².